The van der Waals surface area contributed by atoms with Gasteiger partial charge in [-0.1, -0.05) is 60.7 Å². The van der Waals surface area contributed by atoms with Gasteiger partial charge in [0.25, 0.3) is 5.91 Å². The molecule has 37 heavy (non-hydrogen) atoms. The molecule has 0 saturated carbocycles. The smallest absolute Gasteiger partial charge is 0.255 e. The van der Waals surface area contributed by atoms with Crippen molar-refractivity contribution in [3.63, 3.8) is 0 Å². The van der Waals surface area contributed by atoms with Crippen LogP contribution in [0.5, 0.6) is 0 Å². The number of thioether (sulfide) groups is 1. The number of hydrogen-bond donors (Lipinski definition) is 0. The molecule has 3 aromatic carbocycles. The predicted octanol–water partition coefficient (Wildman–Crippen LogP) is 4.53. The highest BCUT2D eigenvalue weighted by Crippen LogP contribution is 2.40. The summed E-state index contributed by atoms with van der Waals surface area (Å²) in [6.07, 6.45) is 1.58. The summed E-state index contributed by atoms with van der Waals surface area (Å²) in [7, 11) is 0. The van der Waals surface area contributed by atoms with Crippen LogP contribution >= 0.6 is 11.8 Å². The lowest BCUT2D eigenvalue weighted by Gasteiger charge is -2.43. The molecule has 0 bridgehead atoms. The van der Waals surface area contributed by atoms with Crippen LogP contribution in [-0.4, -0.2) is 70.8 Å². The molecule has 0 radical (unpaired) electrons. The minimum Gasteiger partial charge on any atom is -0.339 e. The second-order valence-corrected chi connectivity index (χ2v) is 11.1. The van der Waals surface area contributed by atoms with E-state index in [1.807, 2.05) is 70.5 Å². The third-order valence-electron chi connectivity index (χ3n) is 7.95. The topological polar surface area (TPSA) is 47.1 Å². The third kappa shape index (κ3) is 4.62. The molecule has 2 amide bonds. The number of piperidine rings is 1. The summed E-state index contributed by atoms with van der Waals surface area (Å²) in [5.41, 5.74) is 2.56. The van der Waals surface area contributed by atoms with E-state index in [1.54, 1.807) is 11.8 Å². The summed E-state index contributed by atoms with van der Waals surface area (Å²) in [4.78, 5) is 36.7. The second-order valence-electron chi connectivity index (χ2n) is 10.1. The number of fused-ring (bicyclic) bond motifs is 1. The number of amides is 2. The van der Waals surface area contributed by atoms with Crippen molar-refractivity contribution in [1.82, 2.24) is 14.7 Å². The zero-order valence-electron chi connectivity index (χ0n) is 21.0. The number of anilines is 1. The lowest BCUT2D eigenvalue weighted by molar-refractivity contribution is -0.134. The Morgan fingerprint density at radius 1 is 0.757 bits per heavy atom. The monoisotopic (exact) mass is 512 g/mol. The summed E-state index contributed by atoms with van der Waals surface area (Å²) < 4.78 is 0. The molecule has 2 fully saturated rings. The fraction of sp³-hybridized carbons (Fsp3) is 0.333. The van der Waals surface area contributed by atoms with Crippen LogP contribution < -0.4 is 4.90 Å². The van der Waals surface area contributed by atoms with Crippen LogP contribution in [0.2, 0.25) is 0 Å². The van der Waals surface area contributed by atoms with E-state index in [0.717, 1.165) is 54.2 Å². The molecule has 6 nitrogen and oxygen atoms in total. The van der Waals surface area contributed by atoms with Crippen molar-refractivity contribution in [2.75, 3.05) is 43.6 Å². The summed E-state index contributed by atoms with van der Waals surface area (Å²) in [5.74, 6) is 1.06. The number of hydrogen-bond acceptors (Lipinski definition) is 5. The lowest BCUT2D eigenvalue weighted by atomic mass is 9.85. The summed E-state index contributed by atoms with van der Waals surface area (Å²) in [5, 5.41) is 0. The Labute approximate surface area is 222 Å². The zero-order chi connectivity index (χ0) is 25.2. The van der Waals surface area contributed by atoms with Crippen molar-refractivity contribution < 1.29 is 9.59 Å². The number of benzene rings is 3. The number of likely N-dealkylation sites (tertiary alicyclic amines) is 1. The van der Waals surface area contributed by atoms with Gasteiger partial charge in [0.15, 0.2) is 0 Å². The van der Waals surface area contributed by atoms with Gasteiger partial charge in [-0.2, -0.15) is 0 Å². The summed E-state index contributed by atoms with van der Waals surface area (Å²) in [6, 6.07) is 28.5. The maximum atomic E-state index is 14.0. The Morgan fingerprint density at radius 2 is 1.43 bits per heavy atom. The molecule has 0 N–H and O–H groups in total. The van der Waals surface area contributed by atoms with E-state index in [9.17, 15) is 9.59 Å². The summed E-state index contributed by atoms with van der Waals surface area (Å²) >= 11 is 1.73. The molecule has 0 atom stereocenters. The number of carbonyl (C=O) groups is 2. The van der Waals surface area contributed by atoms with Gasteiger partial charge in [-0.3, -0.25) is 9.59 Å². The lowest BCUT2D eigenvalue weighted by Crippen LogP contribution is -2.57. The predicted molar refractivity (Wildman–Crippen MR) is 147 cm³/mol. The van der Waals surface area contributed by atoms with E-state index in [4.69, 9.17) is 0 Å². The van der Waals surface area contributed by atoms with Gasteiger partial charge in [0, 0.05) is 43.3 Å². The van der Waals surface area contributed by atoms with Crippen molar-refractivity contribution in [1.29, 1.82) is 0 Å². The maximum absolute atomic E-state index is 14.0. The molecule has 3 aliphatic heterocycles. The number of nitrogens with zero attached hydrogens (tertiary/aromatic N) is 4. The quantitative estimate of drug-likeness (QED) is 0.486. The molecular weight excluding hydrogens is 480 g/mol. The number of rotatable bonds is 6. The maximum Gasteiger partial charge on any atom is 0.255 e. The minimum absolute atomic E-state index is 0.126. The Balaban J connectivity index is 1.14. The highest BCUT2D eigenvalue weighted by Gasteiger charge is 2.53. The number of carbonyl (C=O) groups excluding carboxylic acids is 2. The average molecular weight is 513 g/mol. The molecule has 1 spiro atoms. The fourth-order valence-corrected chi connectivity index (χ4v) is 6.87. The van der Waals surface area contributed by atoms with E-state index in [0.29, 0.717) is 25.6 Å². The molecule has 6 rings (SSSR count). The summed E-state index contributed by atoms with van der Waals surface area (Å²) in [6.45, 7) is 4.48. The first-order chi connectivity index (χ1) is 18.1. The Hall–Kier alpha value is -3.29. The van der Waals surface area contributed by atoms with Crippen LogP contribution in [0.1, 0.15) is 28.8 Å². The number of para-hydroxylation sites is 1. The minimum atomic E-state index is -0.512. The largest absolute Gasteiger partial charge is 0.339 e. The molecule has 3 aromatic rings. The van der Waals surface area contributed by atoms with Gasteiger partial charge in [0.1, 0.15) is 5.54 Å². The molecule has 190 valence electrons. The first kappa shape index (κ1) is 24.1. The van der Waals surface area contributed by atoms with Crippen molar-refractivity contribution >= 4 is 29.3 Å². The third-order valence-corrected chi connectivity index (χ3v) is 9.06. The molecule has 2 saturated heterocycles. The van der Waals surface area contributed by atoms with Gasteiger partial charge in [-0.05, 0) is 42.7 Å². The van der Waals surface area contributed by atoms with Crippen LogP contribution in [0.15, 0.2) is 89.8 Å². The highest BCUT2D eigenvalue weighted by atomic mass is 32.2. The SMILES string of the molecule is O=C1c2ccccc2SCN1CCN1CCC2(CC1)C(=O)N(Cc1ccccc1)CN2c1ccccc1. The van der Waals surface area contributed by atoms with Crippen molar-refractivity contribution in [2.24, 2.45) is 0 Å². The van der Waals surface area contributed by atoms with E-state index >= 15 is 0 Å². The van der Waals surface area contributed by atoms with Gasteiger partial charge < -0.3 is 19.6 Å². The van der Waals surface area contributed by atoms with E-state index in [2.05, 4.69) is 34.1 Å². The first-order valence-corrected chi connectivity index (χ1v) is 14.0. The normalized spacial score (nSPS) is 19.5. The van der Waals surface area contributed by atoms with Gasteiger partial charge >= 0.3 is 0 Å². The van der Waals surface area contributed by atoms with Crippen molar-refractivity contribution in [2.45, 2.75) is 29.8 Å². The van der Waals surface area contributed by atoms with E-state index in [1.165, 1.54) is 0 Å². The standard InChI is InChI=1S/C30H32N4O2S/c35-28-26-13-7-8-14-27(26)37-23-32(28)20-19-31-17-15-30(16-18-31)29(36)33(21-24-9-3-1-4-10-24)22-34(30)25-11-5-2-6-12-25/h1-14H,15-23H2. The fourth-order valence-electron chi connectivity index (χ4n) is 5.85. The molecular formula is C30H32N4O2S. The van der Waals surface area contributed by atoms with Gasteiger partial charge in [0.05, 0.1) is 18.1 Å². The average Bonchev–Trinajstić information content (AvgIpc) is 3.21. The van der Waals surface area contributed by atoms with Crippen LogP contribution in [0.3, 0.4) is 0 Å². The first-order valence-electron chi connectivity index (χ1n) is 13.0. The van der Waals surface area contributed by atoms with Crippen LogP contribution in [0, 0.1) is 0 Å². The van der Waals surface area contributed by atoms with Crippen LogP contribution in [0.4, 0.5) is 5.69 Å². The second kappa shape index (κ2) is 10.2. The van der Waals surface area contributed by atoms with Gasteiger partial charge in [-0.15, -0.1) is 11.8 Å². The Bertz CT molecular complexity index is 1260. The van der Waals surface area contributed by atoms with Gasteiger partial charge in [0.2, 0.25) is 5.91 Å². The molecule has 0 unspecified atom stereocenters. The van der Waals surface area contributed by atoms with E-state index in [-0.39, 0.29) is 11.8 Å². The molecule has 0 aromatic heterocycles. The zero-order valence-corrected chi connectivity index (χ0v) is 21.8. The highest BCUT2D eigenvalue weighted by molar-refractivity contribution is 7.99. The Kier molecular flexibility index (Phi) is 6.65. The van der Waals surface area contributed by atoms with Crippen molar-refractivity contribution in [3.8, 4) is 0 Å². The van der Waals surface area contributed by atoms with Crippen molar-refractivity contribution in [3.05, 3.63) is 96.1 Å². The molecule has 0 aliphatic carbocycles. The molecule has 3 heterocycles. The van der Waals surface area contributed by atoms with Crippen LogP contribution in [-0.2, 0) is 11.3 Å². The molecule has 3 aliphatic rings. The molecule has 7 heteroatoms. The van der Waals surface area contributed by atoms with Crippen LogP contribution in [0.25, 0.3) is 0 Å². The Morgan fingerprint density at radius 3 is 2.19 bits per heavy atom. The van der Waals surface area contributed by atoms with E-state index < -0.39 is 5.54 Å². The van der Waals surface area contributed by atoms with Gasteiger partial charge in [-0.25, -0.2) is 0 Å².